The number of carbonyl (C=O) groups is 1. The molecule has 0 bridgehead atoms. The standard InChI is InChI=1S/C14H30N2O/c1-5-6-7-8-9-13(4)16-14(17)10-11-15-12(2)3/h12-13,15H,5-11H2,1-4H3,(H,16,17). The summed E-state index contributed by atoms with van der Waals surface area (Å²) in [5.74, 6) is 0.168. The zero-order valence-corrected chi connectivity index (χ0v) is 12.0. The Balaban J connectivity index is 3.45. The van der Waals surface area contributed by atoms with E-state index in [4.69, 9.17) is 0 Å². The highest BCUT2D eigenvalue weighted by Crippen LogP contribution is 2.05. The summed E-state index contributed by atoms with van der Waals surface area (Å²) in [6.07, 6.45) is 6.76. The third-order valence-corrected chi connectivity index (χ3v) is 2.80. The Morgan fingerprint density at radius 3 is 2.41 bits per heavy atom. The van der Waals surface area contributed by atoms with Crippen LogP contribution in [0, 0.1) is 0 Å². The summed E-state index contributed by atoms with van der Waals surface area (Å²) in [4.78, 5) is 11.6. The van der Waals surface area contributed by atoms with Crippen molar-refractivity contribution in [3.63, 3.8) is 0 Å². The average Bonchev–Trinajstić information content (AvgIpc) is 2.23. The topological polar surface area (TPSA) is 41.1 Å². The van der Waals surface area contributed by atoms with Gasteiger partial charge < -0.3 is 10.6 Å². The van der Waals surface area contributed by atoms with Gasteiger partial charge in [-0.05, 0) is 13.3 Å². The van der Waals surface area contributed by atoms with E-state index in [1.807, 2.05) is 0 Å². The Hall–Kier alpha value is -0.570. The van der Waals surface area contributed by atoms with Crippen molar-refractivity contribution < 1.29 is 4.79 Å². The molecule has 0 spiro atoms. The third kappa shape index (κ3) is 11.7. The Morgan fingerprint density at radius 2 is 1.82 bits per heavy atom. The van der Waals surface area contributed by atoms with Gasteiger partial charge in [0.2, 0.25) is 5.91 Å². The maximum absolute atomic E-state index is 11.6. The predicted molar refractivity (Wildman–Crippen MR) is 74.1 cm³/mol. The van der Waals surface area contributed by atoms with Crippen molar-refractivity contribution in [2.24, 2.45) is 0 Å². The van der Waals surface area contributed by atoms with Gasteiger partial charge in [-0.2, -0.15) is 0 Å². The molecule has 3 heteroatoms. The van der Waals surface area contributed by atoms with Gasteiger partial charge in [0.05, 0.1) is 0 Å². The average molecular weight is 242 g/mol. The van der Waals surface area contributed by atoms with E-state index in [1.165, 1.54) is 25.7 Å². The SMILES string of the molecule is CCCCCCC(C)NC(=O)CCNC(C)C. The normalized spacial score (nSPS) is 12.8. The van der Waals surface area contributed by atoms with Crippen molar-refractivity contribution in [1.82, 2.24) is 10.6 Å². The minimum Gasteiger partial charge on any atom is -0.354 e. The van der Waals surface area contributed by atoms with Crippen molar-refractivity contribution in [3.05, 3.63) is 0 Å². The smallest absolute Gasteiger partial charge is 0.221 e. The van der Waals surface area contributed by atoms with Gasteiger partial charge >= 0.3 is 0 Å². The number of nitrogens with one attached hydrogen (secondary N) is 2. The fraction of sp³-hybridized carbons (Fsp3) is 0.929. The van der Waals surface area contributed by atoms with Gasteiger partial charge in [0, 0.05) is 25.0 Å². The summed E-state index contributed by atoms with van der Waals surface area (Å²) >= 11 is 0. The van der Waals surface area contributed by atoms with Crippen LogP contribution >= 0.6 is 0 Å². The van der Waals surface area contributed by atoms with Crippen LogP contribution in [0.15, 0.2) is 0 Å². The molecule has 0 rings (SSSR count). The number of unbranched alkanes of at least 4 members (excludes halogenated alkanes) is 3. The van der Waals surface area contributed by atoms with E-state index >= 15 is 0 Å². The number of carbonyl (C=O) groups excluding carboxylic acids is 1. The van der Waals surface area contributed by atoms with E-state index in [2.05, 4.69) is 38.3 Å². The molecule has 17 heavy (non-hydrogen) atoms. The van der Waals surface area contributed by atoms with Crippen LogP contribution in [0.25, 0.3) is 0 Å². The molecule has 102 valence electrons. The Labute approximate surface area is 107 Å². The molecule has 1 amide bonds. The second kappa shape index (κ2) is 10.6. The zero-order chi connectivity index (χ0) is 13.1. The summed E-state index contributed by atoms with van der Waals surface area (Å²) in [6, 6.07) is 0.771. The van der Waals surface area contributed by atoms with Crippen molar-refractivity contribution in [2.45, 2.75) is 78.3 Å². The second-order valence-electron chi connectivity index (χ2n) is 5.18. The molecule has 0 heterocycles. The Kier molecular flexibility index (Phi) is 10.2. The van der Waals surface area contributed by atoms with E-state index in [1.54, 1.807) is 0 Å². The highest BCUT2D eigenvalue weighted by atomic mass is 16.1. The van der Waals surface area contributed by atoms with Crippen LogP contribution in [0.1, 0.15) is 66.2 Å². The minimum atomic E-state index is 0.168. The first-order valence-corrected chi connectivity index (χ1v) is 7.09. The van der Waals surface area contributed by atoms with Crippen LogP contribution in [0.4, 0.5) is 0 Å². The van der Waals surface area contributed by atoms with Gasteiger partial charge in [0.15, 0.2) is 0 Å². The van der Waals surface area contributed by atoms with Crippen LogP contribution in [-0.4, -0.2) is 24.5 Å². The van der Waals surface area contributed by atoms with Crippen molar-refractivity contribution in [3.8, 4) is 0 Å². The highest BCUT2D eigenvalue weighted by molar-refractivity contribution is 5.76. The largest absolute Gasteiger partial charge is 0.354 e. The monoisotopic (exact) mass is 242 g/mol. The van der Waals surface area contributed by atoms with E-state index < -0.39 is 0 Å². The molecule has 2 N–H and O–H groups in total. The quantitative estimate of drug-likeness (QED) is 0.578. The summed E-state index contributed by atoms with van der Waals surface area (Å²) < 4.78 is 0. The molecule has 0 saturated heterocycles. The first-order valence-electron chi connectivity index (χ1n) is 7.09. The number of hydrogen-bond donors (Lipinski definition) is 2. The van der Waals surface area contributed by atoms with Gasteiger partial charge in [-0.1, -0.05) is 46.5 Å². The first-order chi connectivity index (χ1) is 8.06. The summed E-state index contributed by atoms with van der Waals surface area (Å²) in [7, 11) is 0. The van der Waals surface area contributed by atoms with Gasteiger partial charge in [-0.25, -0.2) is 0 Å². The van der Waals surface area contributed by atoms with Crippen LogP contribution in [0.5, 0.6) is 0 Å². The van der Waals surface area contributed by atoms with Crippen LogP contribution < -0.4 is 10.6 Å². The maximum Gasteiger partial charge on any atom is 0.221 e. The van der Waals surface area contributed by atoms with Gasteiger partial charge in [-0.15, -0.1) is 0 Å². The molecule has 0 aliphatic carbocycles. The Bertz CT molecular complexity index is 193. The maximum atomic E-state index is 11.6. The summed E-state index contributed by atoms with van der Waals surface area (Å²) in [5.41, 5.74) is 0. The molecule has 0 aliphatic heterocycles. The third-order valence-electron chi connectivity index (χ3n) is 2.80. The van der Waals surface area contributed by atoms with Crippen molar-refractivity contribution in [1.29, 1.82) is 0 Å². The molecule has 0 radical (unpaired) electrons. The Morgan fingerprint density at radius 1 is 1.12 bits per heavy atom. The molecule has 0 aromatic rings. The van der Waals surface area contributed by atoms with Crippen LogP contribution in [0.3, 0.4) is 0 Å². The second-order valence-corrected chi connectivity index (χ2v) is 5.18. The molecule has 1 atom stereocenters. The molecule has 0 fully saturated rings. The summed E-state index contributed by atoms with van der Waals surface area (Å²) in [5, 5.41) is 6.30. The molecular formula is C14H30N2O. The molecule has 0 aliphatic rings. The van der Waals surface area contributed by atoms with Gasteiger partial charge in [0.25, 0.3) is 0 Å². The van der Waals surface area contributed by atoms with E-state index in [9.17, 15) is 4.79 Å². The molecule has 0 aromatic heterocycles. The molecule has 3 nitrogen and oxygen atoms in total. The van der Waals surface area contributed by atoms with E-state index in [-0.39, 0.29) is 5.91 Å². The molecule has 0 aromatic carbocycles. The van der Waals surface area contributed by atoms with Gasteiger partial charge in [0.1, 0.15) is 0 Å². The fourth-order valence-corrected chi connectivity index (χ4v) is 1.77. The van der Waals surface area contributed by atoms with Gasteiger partial charge in [-0.3, -0.25) is 4.79 Å². The van der Waals surface area contributed by atoms with Crippen LogP contribution in [-0.2, 0) is 4.79 Å². The fourth-order valence-electron chi connectivity index (χ4n) is 1.77. The van der Waals surface area contributed by atoms with Crippen molar-refractivity contribution in [2.75, 3.05) is 6.54 Å². The number of hydrogen-bond acceptors (Lipinski definition) is 2. The minimum absolute atomic E-state index is 0.168. The molecule has 1 unspecified atom stereocenters. The lowest BCUT2D eigenvalue weighted by Crippen LogP contribution is -2.35. The van der Waals surface area contributed by atoms with Crippen LogP contribution in [0.2, 0.25) is 0 Å². The van der Waals surface area contributed by atoms with Crippen molar-refractivity contribution >= 4 is 5.91 Å². The van der Waals surface area contributed by atoms with E-state index in [0.717, 1.165) is 13.0 Å². The number of rotatable bonds is 10. The lowest BCUT2D eigenvalue weighted by Gasteiger charge is -2.14. The number of amides is 1. The molecule has 0 saturated carbocycles. The molecular weight excluding hydrogens is 212 g/mol. The lowest BCUT2D eigenvalue weighted by atomic mass is 10.1. The predicted octanol–water partition coefficient (Wildman–Crippen LogP) is 2.85. The highest BCUT2D eigenvalue weighted by Gasteiger charge is 2.06. The van der Waals surface area contributed by atoms with E-state index in [0.29, 0.717) is 18.5 Å². The summed E-state index contributed by atoms with van der Waals surface area (Å²) in [6.45, 7) is 9.27. The zero-order valence-electron chi connectivity index (χ0n) is 12.0. The first kappa shape index (κ1) is 16.4. The lowest BCUT2D eigenvalue weighted by molar-refractivity contribution is -0.121.